The van der Waals surface area contributed by atoms with Crippen LogP contribution < -0.4 is 23.8 Å². The molecule has 0 unspecified atom stereocenters. The van der Waals surface area contributed by atoms with Crippen molar-refractivity contribution in [3.8, 4) is 103 Å². The number of halogens is 4. The zero-order valence-corrected chi connectivity index (χ0v) is 60.1. The number of aromatic nitrogens is 16. The molecule has 15 aromatic rings. The smallest absolute Gasteiger partial charge is 0.299 e. The van der Waals surface area contributed by atoms with Gasteiger partial charge in [-0.3, -0.25) is 23.6 Å². The quantitative estimate of drug-likeness (QED) is 0.0581. The van der Waals surface area contributed by atoms with Gasteiger partial charge < -0.3 is 42.2 Å². The number of methoxy groups -OCH3 is 2. The highest BCUT2D eigenvalue weighted by Gasteiger charge is 2.28. The fourth-order valence-electron chi connectivity index (χ4n) is 11.2. The van der Waals surface area contributed by atoms with E-state index in [2.05, 4.69) is 71.5 Å². The molecular formula is C76H61BrF3N17O11S. The summed E-state index contributed by atoms with van der Waals surface area (Å²) in [5.74, 6) is 2.12. The number of pyridine rings is 1. The average molecular weight is 1560 g/mol. The van der Waals surface area contributed by atoms with Crippen LogP contribution in [-0.2, 0) is 47.7 Å². The molecule has 0 bridgehead atoms. The van der Waals surface area contributed by atoms with Gasteiger partial charge in [0.2, 0.25) is 11.8 Å². The highest BCUT2D eigenvalue weighted by molar-refractivity contribution is 9.10. The first kappa shape index (κ1) is 72.8. The lowest BCUT2D eigenvalue weighted by molar-refractivity contribution is 0.122. The van der Waals surface area contributed by atoms with Crippen LogP contribution >= 0.6 is 15.9 Å². The van der Waals surface area contributed by atoms with Gasteiger partial charge in [-0.05, 0) is 99.9 Å². The second kappa shape index (κ2) is 33.6. The Labute approximate surface area is 627 Å². The molecule has 0 atom stereocenters. The lowest BCUT2D eigenvalue weighted by Gasteiger charge is -2.28. The molecule has 28 nitrogen and oxygen atoms in total. The van der Waals surface area contributed by atoms with Gasteiger partial charge in [-0.1, -0.05) is 100 Å². The van der Waals surface area contributed by atoms with E-state index >= 15 is 0 Å². The number of benzene rings is 5. The highest BCUT2D eigenvalue weighted by atomic mass is 79.9. The van der Waals surface area contributed by atoms with Crippen LogP contribution in [0.5, 0.6) is 23.3 Å². The van der Waals surface area contributed by atoms with Gasteiger partial charge in [0.1, 0.15) is 95.1 Å². The number of anilines is 1. The molecule has 10 aromatic heterocycles. The van der Waals surface area contributed by atoms with Crippen molar-refractivity contribution in [3.63, 3.8) is 0 Å². The lowest BCUT2D eigenvalue weighted by atomic mass is 10.2. The van der Waals surface area contributed by atoms with E-state index in [1.807, 2.05) is 66.7 Å². The Kier molecular flexibility index (Phi) is 22.4. The van der Waals surface area contributed by atoms with Gasteiger partial charge in [0.15, 0.2) is 28.2 Å². The molecule has 0 spiro atoms. The van der Waals surface area contributed by atoms with Gasteiger partial charge in [-0.2, -0.15) is 33.7 Å². The number of morpholine rings is 1. The molecule has 33 heteroatoms. The second-order valence-corrected chi connectivity index (χ2v) is 26.1. The lowest BCUT2D eigenvalue weighted by Crippen LogP contribution is -2.37. The minimum absolute atomic E-state index is 0.0578. The van der Waals surface area contributed by atoms with Crippen molar-refractivity contribution >= 4 is 31.9 Å². The second-order valence-electron chi connectivity index (χ2n) is 23.8. The van der Waals surface area contributed by atoms with Crippen LogP contribution in [0.4, 0.5) is 19.0 Å². The van der Waals surface area contributed by atoms with E-state index in [1.54, 1.807) is 143 Å². The highest BCUT2D eigenvalue weighted by Crippen LogP contribution is 2.35. The Morgan fingerprint density at radius 2 is 0.899 bits per heavy atom. The zero-order valence-electron chi connectivity index (χ0n) is 57.7. The van der Waals surface area contributed by atoms with Gasteiger partial charge in [-0.25, -0.2) is 33.1 Å². The summed E-state index contributed by atoms with van der Waals surface area (Å²) < 4.78 is 125. The van der Waals surface area contributed by atoms with E-state index in [4.69, 9.17) is 47.3 Å². The molecule has 11 heterocycles. The Hall–Kier alpha value is -13.1. The van der Waals surface area contributed by atoms with Crippen LogP contribution in [0.15, 0.2) is 242 Å². The Balaban J connectivity index is 0.000000137. The molecule has 0 aliphatic carbocycles. The molecule has 5 aromatic carbocycles. The largest absolute Gasteiger partial charge is 0.497 e. The topological polar surface area (TPSA) is 326 Å². The third-order valence-corrected chi connectivity index (χ3v) is 18.2. The zero-order chi connectivity index (χ0) is 75.2. The summed E-state index contributed by atoms with van der Waals surface area (Å²) in [4.78, 5) is 32.6. The van der Waals surface area contributed by atoms with Crippen molar-refractivity contribution in [2.75, 3.05) is 45.4 Å². The third-order valence-electron chi connectivity index (χ3n) is 16.8. The predicted molar refractivity (Wildman–Crippen MR) is 391 cm³/mol. The maximum Gasteiger partial charge on any atom is 0.299 e. The Morgan fingerprint density at radius 1 is 0.477 bits per heavy atom. The molecule has 0 radical (unpaired) electrons. The molecule has 0 saturated carbocycles. The van der Waals surface area contributed by atoms with E-state index in [-0.39, 0.29) is 55.3 Å². The molecule has 1 aliphatic heterocycles. The molecular weight excluding hydrogens is 1500 g/mol. The molecule has 0 amide bonds. The van der Waals surface area contributed by atoms with Crippen molar-refractivity contribution in [1.82, 2.24) is 79.7 Å². The van der Waals surface area contributed by atoms with Crippen molar-refractivity contribution in [2.45, 2.75) is 37.7 Å². The van der Waals surface area contributed by atoms with E-state index in [1.165, 1.54) is 37.0 Å². The summed E-state index contributed by atoms with van der Waals surface area (Å²) in [6.45, 7) is 2.63. The maximum atomic E-state index is 14.5. The average Bonchev–Trinajstić information content (AvgIpc) is 1.75. The van der Waals surface area contributed by atoms with E-state index in [0.29, 0.717) is 140 Å². The van der Waals surface area contributed by atoms with Crippen molar-refractivity contribution in [1.29, 1.82) is 0 Å². The van der Waals surface area contributed by atoms with Crippen molar-refractivity contribution in [2.24, 2.45) is 0 Å². The van der Waals surface area contributed by atoms with Crippen molar-refractivity contribution in [3.05, 3.63) is 269 Å². The van der Waals surface area contributed by atoms with Gasteiger partial charge in [0, 0.05) is 66.6 Å². The predicted octanol–water partition coefficient (Wildman–Crippen LogP) is 13.6. The van der Waals surface area contributed by atoms with Gasteiger partial charge in [-0.15, -0.1) is 0 Å². The minimum atomic E-state index is -4.56. The normalized spacial score (nSPS) is 12.0. The van der Waals surface area contributed by atoms with Crippen LogP contribution in [0.1, 0.15) is 27.8 Å². The van der Waals surface area contributed by atoms with E-state index in [9.17, 15) is 26.1 Å². The van der Waals surface area contributed by atoms with Crippen molar-refractivity contribution < 1.29 is 63.4 Å². The van der Waals surface area contributed by atoms with Crippen LogP contribution in [0.25, 0.3) is 80.0 Å². The molecule has 1 fully saturated rings. The summed E-state index contributed by atoms with van der Waals surface area (Å²) >= 11 is 3.44. The first-order valence-corrected chi connectivity index (χ1v) is 35.6. The number of hydrogen-bond donors (Lipinski definition) is 1. The van der Waals surface area contributed by atoms with E-state index < -0.39 is 15.0 Å². The molecule has 1 saturated heterocycles. The first-order chi connectivity index (χ1) is 53.2. The molecule has 1 aliphatic rings. The molecule has 16 rings (SSSR count). The third kappa shape index (κ3) is 17.6. The SMILES string of the molecule is COc1ccc(COc2nc(-c3cc(-c4ccon4)n(Cc4ccccc4F)n3)ncc2-c2ccccn2)cc1.COc1ccc(COc2nc(-c3cc(-c4ccon4)n(Cc4ccccc4F)n3)ncc2Br)cc1.O=S(=O)(O)c1cnc(-c2cc(-c3ccon3)n(Cc3ccccc3F)n2)nc1N1CCOCC1. The number of hydrogen-bond acceptors (Lipinski definition) is 24. The standard InChI is InChI=1S/C30H23FN6O3.C25H19BrFN5O3.C21H19FN6O5S/c1-38-22-11-9-20(10-12-22)19-39-30-23(25-8-4-5-14-32-25)17-33-29(34-30)27-16-28(26-13-15-40-36-26)37(35-27)18-21-6-2-3-7-24(21)31;1-33-18-8-6-16(7-9-18)15-34-25-19(26)13-28-24(29-25)22-12-23(21-10-11-35-31-21)32(30-22)14-17-4-2-3-5-20(17)27;22-15-4-2-1-3-14(15)13-28-18(16-5-8-33-26-16)11-17(25-28)20-23-12-19(34(29,30)31)21(24-20)27-6-9-32-10-7-27/h2-17H,18-19H2,1H3;2-13H,14-15H2,1H3;1-5,8,11-12H,6-7,9-10,13H2,(H,29,30,31). The van der Waals surface area contributed by atoms with Gasteiger partial charge in [0.05, 0.1) is 86.1 Å². The molecule has 109 heavy (non-hydrogen) atoms. The summed E-state index contributed by atoms with van der Waals surface area (Å²) in [5.41, 5.74) is 9.26. The molecule has 550 valence electrons. The summed E-state index contributed by atoms with van der Waals surface area (Å²) in [6.07, 6.45) is 10.4. The summed E-state index contributed by atoms with van der Waals surface area (Å²) in [6, 6.07) is 50.5. The Morgan fingerprint density at radius 3 is 1.32 bits per heavy atom. The maximum absolute atomic E-state index is 14.5. The summed E-state index contributed by atoms with van der Waals surface area (Å²) in [5, 5.41) is 25.9. The number of ether oxygens (including phenoxy) is 5. The fourth-order valence-corrected chi connectivity index (χ4v) is 12.1. The molecule has 1 N–H and O–H groups in total. The van der Waals surface area contributed by atoms with Crippen LogP contribution in [0.2, 0.25) is 0 Å². The van der Waals surface area contributed by atoms with Crippen LogP contribution in [-0.4, -0.2) is 133 Å². The van der Waals surface area contributed by atoms with Gasteiger partial charge >= 0.3 is 0 Å². The van der Waals surface area contributed by atoms with Gasteiger partial charge in [0.25, 0.3) is 10.1 Å². The van der Waals surface area contributed by atoms with Crippen LogP contribution in [0, 0.1) is 17.5 Å². The van der Waals surface area contributed by atoms with Crippen LogP contribution in [0.3, 0.4) is 0 Å². The first-order valence-electron chi connectivity index (χ1n) is 33.3. The van der Waals surface area contributed by atoms with E-state index in [0.717, 1.165) is 28.8 Å². The number of rotatable bonds is 23. The Bertz CT molecular complexity index is 5680. The summed E-state index contributed by atoms with van der Waals surface area (Å²) in [7, 11) is -1.32. The minimum Gasteiger partial charge on any atom is -0.497 e. The fraction of sp³-hybridized carbons (Fsp3) is 0.145. The number of nitrogens with zero attached hydrogens (tertiary/aromatic N) is 17. The monoisotopic (exact) mass is 1560 g/mol.